The summed E-state index contributed by atoms with van der Waals surface area (Å²) < 4.78 is 13.1. The molecule has 2 aliphatic heterocycles. The molecule has 2 aliphatic rings. The average Bonchev–Trinajstić information content (AvgIpc) is 2.78. The van der Waals surface area contributed by atoms with E-state index in [4.69, 9.17) is 0 Å². The number of aryl methyl sites for hydroxylation is 2. The Morgan fingerprint density at radius 2 is 1.58 bits per heavy atom. The molecular formula is C25H29FN4O3. The fraction of sp³-hybridized carbons (Fsp3) is 0.400. The molecule has 33 heavy (non-hydrogen) atoms. The highest BCUT2D eigenvalue weighted by Gasteiger charge is 2.38. The van der Waals surface area contributed by atoms with E-state index in [1.54, 1.807) is 21.9 Å². The van der Waals surface area contributed by atoms with Gasteiger partial charge in [-0.3, -0.25) is 9.59 Å². The van der Waals surface area contributed by atoms with Gasteiger partial charge in [0, 0.05) is 44.5 Å². The van der Waals surface area contributed by atoms with Crippen LogP contribution in [0.4, 0.5) is 14.9 Å². The van der Waals surface area contributed by atoms with Crippen LogP contribution < -0.4 is 5.32 Å². The Hall–Kier alpha value is -3.42. The maximum atomic E-state index is 13.1. The monoisotopic (exact) mass is 452 g/mol. The number of nitrogens with one attached hydrogen (secondary N) is 1. The molecule has 0 atom stereocenters. The van der Waals surface area contributed by atoms with Crippen molar-refractivity contribution >= 4 is 23.5 Å². The van der Waals surface area contributed by atoms with Crippen molar-refractivity contribution < 1.29 is 18.8 Å². The lowest BCUT2D eigenvalue weighted by Gasteiger charge is -2.42. The summed E-state index contributed by atoms with van der Waals surface area (Å²) in [6.45, 7) is 6.23. The van der Waals surface area contributed by atoms with Crippen LogP contribution in [-0.2, 0) is 16.1 Å². The molecule has 0 spiro atoms. The number of likely N-dealkylation sites (tertiary alicyclic amines) is 1. The van der Waals surface area contributed by atoms with Crippen LogP contribution in [0.5, 0.6) is 0 Å². The smallest absolute Gasteiger partial charge is 0.321 e. The van der Waals surface area contributed by atoms with E-state index in [1.807, 2.05) is 26.0 Å². The van der Waals surface area contributed by atoms with E-state index < -0.39 is 11.8 Å². The molecule has 174 valence electrons. The van der Waals surface area contributed by atoms with Crippen molar-refractivity contribution in [2.75, 3.05) is 31.5 Å². The van der Waals surface area contributed by atoms with E-state index in [0.717, 1.165) is 22.4 Å². The number of carbonyl (C=O) groups excluding carboxylic acids is 3. The van der Waals surface area contributed by atoms with E-state index in [-0.39, 0.29) is 24.4 Å². The maximum absolute atomic E-state index is 13.1. The average molecular weight is 453 g/mol. The number of urea groups is 1. The zero-order valence-corrected chi connectivity index (χ0v) is 19.0. The fourth-order valence-electron chi connectivity index (χ4n) is 4.63. The normalized spacial score (nSPS) is 17.5. The highest BCUT2D eigenvalue weighted by atomic mass is 19.1. The number of piperidine rings is 1. The van der Waals surface area contributed by atoms with Crippen molar-refractivity contribution in [1.29, 1.82) is 0 Å². The molecule has 2 aromatic rings. The minimum Gasteiger partial charge on any atom is -0.330 e. The van der Waals surface area contributed by atoms with Gasteiger partial charge in [-0.05, 0) is 67.6 Å². The van der Waals surface area contributed by atoms with Crippen LogP contribution in [0.2, 0.25) is 0 Å². The number of nitrogens with zero attached hydrogens (tertiary/aromatic N) is 3. The molecule has 0 unspecified atom stereocenters. The van der Waals surface area contributed by atoms with Gasteiger partial charge in [-0.15, -0.1) is 0 Å². The first-order valence-electron chi connectivity index (χ1n) is 11.3. The van der Waals surface area contributed by atoms with Gasteiger partial charge in [0.05, 0.1) is 0 Å². The summed E-state index contributed by atoms with van der Waals surface area (Å²) >= 11 is 0. The third-order valence-corrected chi connectivity index (χ3v) is 6.29. The van der Waals surface area contributed by atoms with Gasteiger partial charge < -0.3 is 20.0 Å². The molecule has 2 fully saturated rings. The summed E-state index contributed by atoms with van der Waals surface area (Å²) in [4.78, 5) is 43.0. The number of amides is 4. The topological polar surface area (TPSA) is 73.0 Å². The summed E-state index contributed by atoms with van der Waals surface area (Å²) in [5.41, 5.74) is 3.74. The summed E-state index contributed by atoms with van der Waals surface area (Å²) in [7, 11) is 0. The Morgan fingerprint density at radius 3 is 2.21 bits per heavy atom. The zero-order valence-electron chi connectivity index (χ0n) is 19.0. The maximum Gasteiger partial charge on any atom is 0.321 e. The second-order valence-electron chi connectivity index (χ2n) is 8.88. The summed E-state index contributed by atoms with van der Waals surface area (Å²) in [6.07, 6.45) is 1.27. The number of benzene rings is 2. The number of halogens is 1. The van der Waals surface area contributed by atoms with Crippen molar-refractivity contribution in [3.05, 3.63) is 65.0 Å². The lowest BCUT2D eigenvalue weighted by atomic mass is 10.0. The molecule has 4 amide bonds. The Kier molecular flexibility index (Phi) is 6.62. The van der Waals surface area contributed by atoms with E-state index in [9.17, 15) is 18.8 Å². The molecule has 0 aliphatic carbocycles. The molecule has 0 bridgehead atoms. The second kappa shape index (κ2) is 9.60. The van der Waals surface area contributed by atoms with Gasteiger partial charge in [0.25, 0.3) is 0 Å². The number of carbonyl (C=O) groups is 3. The molecular weight excluding hydrogens is 423 g/mol. The van der Waals surface area contributed by atoms with Crippen molar-refractivity contribution in [1.82, 2.24) is 14.7 Å². The van der Waals surface area contributed by atoms with Crippen LogP contribution in [0.1, 0.15) is 29.5 Å². The SMILES string of the molecule is Cc1cc(C)cc(NC(=O)N2CCC(N3CCN(Cc4ccc(F)cc4)C(=O)C3=O)CC2)c1. The molecule has 2 saturated heterocycles. The van der Waals surface area contributed by atoms with E-state index >= 15 is 0 Å². The third kappa shape index (κ3) is 5.32. The summed E-state index contributed by atoms with van der Waals surface area (Å²) in [5.74, 6) is -1.36. The van der Waals surface area contributed by atoms with E-state index in [2.05, 4.69) is 11.4 Å². The van der Waals surface area contributed by atoms with Crippen molar-refractivity contribution in [2.24, 2.45) is 0 Å². The lowest BCUT2D eigenvalue weighted by molar-refractivity contribution is -0.158. The van der Waals surface area contributed by atoms with Crippen molar-refractivity contribution in [3.8, 4) is 0 Å². The first kappa shape index (κ1) is 22.8. The van der Waals surface area contributed by atoms with Gasteiger partial charge in [-0.2, -0.15) is 0 Å². The summed E-state index contributed by atoms with van der Waals surface area (Å²) in [6, 6.07) is 11.7. The molecule has 0 aromatic heterocycles. The highest BCUT2D eigenvalue weighted by Crippen LogP contribution is 2.22. The third-order valence-electron chi connectivity index (χ3n) is 6.29. The van der Waals surface area contributed by atoms with Gasteiger partial charge in [0.1, 0.15) is 5.82 Å². The molecule has 1 N–H and O–H groups in total. The molecule has 4 rings (SSSR count). The van der Waals surface area contributed by atoms with Crippen LogP contribution in [0, 0.1) is 19.7 Å². The minimum atomic E-state index is -0.527. The van der Waals surface area contributed by atoms with Crippen molar-refractivity contribution in [3.63, 3.8) is 0 Å². The minimum absolute atomic E-state index is 0.0558. The molecule has 2 heterocycles. The number of hydrogen-bond donors (Lipinski definition) is 1. The van der Waals surface area contributed by atoms with Gasteiger partial charge in [0.15, 0.2) is 0 Å². The van der Waals surface area contributed by atoms with Crippen LogP contribution in [-0.4, -0.2) is 64.8 Å². The molecule has 8 heteroatoms. The van der Waals surface area contributed by atoms with Crippen LogP contribution >= 0.6 is 0 Å². The predicted molar refractivity (Wildman–Crippen MR) is 123 cm³/mol. The predicted octanol–water partition coefficient (Wildman–Crippen LogP) is 3.31. The van der Waals surface area contributed by atoms with E-state index in [0.29, 0.717) is 39.0 Å². The van der Waals surface area contributed by atoms with Gasteiger partial charge in [0.2, 0.25) is 0 Å². The first-order chi connectivity index (χ1) is 15.8. The molecule has 0 saturated carbocycles. The largest absolute Gasteiger partial charge is 0.330 e. The van der Waals surface area contributed by atoms with Crippen molar-refractivity contribution in [2.45, 2.75) is 39.3 Å². The first-order valence-corrected chi connectivity index (χ1v) is 11.3. The van der Waals surface area contributed by atoms with E-state index in [1.165, 1.54) is 17.0 Å². The van der Waals surface area contributed by atoms with Gasteiger partial charge in [-0.1, -0.05) is 18.2 Å². The standard InChI is InChI=1S/C25H29FN4O3/c1-17-13-18(2)15-21(14-17)27-25(33)28-9-7-22(8-10-28)30-12-11-29(23(31)24(30)32)16-19-3-5-20(26)6-4-19/h3-6,13-15,22H,7-12,16H2,1-2H3,(H,27,33). The lowest BCUT2D eigenvalue weighted by Crippen LogP contribution is -2.59. The molecule has 7 nitrogen and oxygen atoms in total. The quantitative estimate of drug-likeness (QED) is 0.724. The second-order valence-corrected chi connectivity index (χ2v) is 8.88. The number of piperazine rings is 1. The summed E-state index contributed by atoms with van der Waals surface area (Å²) in [5, 5.41) is 2.96. The Labute approximate surface area is 193 Å². The van der Waals surface area contributed by atoms with Crippen LogP contribution in [0.3, 0.4) is 0 Å². The Morgan fingerprint density at radius 1 is 0.939 bits per heavy atom. The number of anilines is 1. The van der Waals surface area contributed by atoms with Gasteiger partial charge in [-0.25, -0.2) is 9.18 Å². The van der Waals surface area contributed by atoms with Crippen LogP contribution in [0.25, 0.3) is 0 Å². The Bertz CT molecular complexity index is 1030. The van der Waals surface area contributed by atoms with Gasteiger partial charge >= 0.3 is 17.8 Å². The molecule has 2 aromatic carbocycles. The number of hydrogen-bond acceptors (Lipinski definition) is 3. The Balaban J connectivity index is 1.29. The van der Waals surface area contributed by atoms with Crippen LogP contribution in [0.15, 0.2) is 42.5 Å². The number of rotatable bonds is 4. The fourth-order valence-corrected chi connectivity index (χ4v) is 4.63. The zero-order chi connectivity index (χ0) is 23.5. The molecule has 0 radical (unpaired) electrons. The highest BCUT2D eigenvalue weighted by molar-refractivity contribution is 6.35.